The normalized spacial score (nSPS) is 19.0. The fourth-order valence-corrected chi connectivity index (χ4v) is 3.74. The van der Waals surface area contributed by atoms with Crippen LogP contribution in [0.5, 0.6) is 0 Å². The van der Waals surface area contributed by atoms with Crippen LogP contribution in [0, 0.1) is 5.92 Å². The largest absolute Gasteiger partial charge is 0.481 e. The summed E-state index contributed by atoms with van der Waals surface area (Å²) in [7, 11) is -3.76. The molecule has 1 aliphatic heterocycles. The summed E-state index contributed by atoms with van der Waals surface area (Å²) in [5, 5.41) is 9.41. The number of amides is 1. The molecule has 0 aliphatic carbocycles. The summed E-state index contributed by atoms with van der Waals surface area (Å²) in [6.45, 7) is 0.447. The maximum absolute atomic E-state index is 12.2. The Morgan fingerprint density at radius 2 is 1.91 bits per heavy atom. The third-order valence-electron chi connectivity index (χ3n) is 3.61. The van der Waals surface area contributed by atoms with Crippen molar-refractivity contribution in [1.82, 2.24) is 4.90 Å². The quantitative estimate of drug-likeness (QED) is 0.891. The third-order valence-corrected chi connectivity index (χ3v) is 5.48. The number of nitrogens with zero attached hydrogens (tertiary/aromatic N) is 1. The van der Waals surface area contributed by atoms with Crippen LogP contribution in [-0.4, -0.2) is 49.1 Å². The van der Waals surface area contributed by atoms with Crippen molar-refractivity contribution in [2.75, 3.05) is 18.8 Å². The number of carbonyl (C=O) groups excluding carboxylic acids is 1. The number of hydrogen-bond donors (Lipinski definition) is 1. The van der Waals surface area contributed by atoms with Crippen molar-refractivity contribution in [3.8, 4) is 0 Å². The van der Waals surface area contributed by atoms with Crippen molar-refractivity contribution in [2.24, 2.45) is 5.92 Å². The lowest BCUT2D eigenvalue weighted by Crippen LogP contribution is -2.44. The van der Waals surface area contributed by atoms with Gasteiger partial charge in [0.25, 0.3) is 0 Å². The van der Waals surface area contributed by atoms with E-state index in [1.54, 1.807) is 0 Å². The number of rotatable bonds is 4. The molecule has 0 aromatic heterocycles. The zero-order chi connectivity index (χ0) is 16.3. The Kier molecular flexibility index (Phi) is 5.08. The lowest BCUT2D eigenvalue weighted by atomic mass is 9.98. The number of carboxylic acids is 1. The van der Waals surface area contributed by atoms with Crippen LogP contribution in [0.15, 0.2) is 29.2 Å². The first-order valence-corrected chi connectivity index (χ1v) is 8.81. The molecule has 1 aromatic carbocycles. The average molecular weight is 346 g/mol. The Hall–Kier alpha value is -1.60. The van der Waals surface area contributed by atoms with Gasteiger partial charge in [-0.25, -0.2) is 8.42 Å². The molecule has 0 bridgehead atoms. The topological polar surface area (TPSA) is 91.8 Å². The molecule has 1 saturated heterocycles. The number of carbonyl (C=O) groups is 2. The van der Waals surface area contributed by atoms with Gasteiger partial charge < -0.3 is 10.0 Å². The van der Waals surface area contributed by atoms with Crippen molar-refractivity contribution in [3.05, 3.63) is 29.3 Å². The molecule has 1 amide bonds. The fourth-order valence-electron chi connectivity index (χ4n) is 2.38. The van der Waals surface area contributed by atoms with E-state index >= 15 is 0 Å². The van der Waals surface area contributed by atoms with E-state index in [1.807, 2.05) is 0 Å². The average Bonchev–Trinajstić information content (AvgIpc) is 2.47. The third kappa shape index (κ3) is 3.98. The predicted molar refractivity (Wildman–Crippen MR) is 80.4 cm³/mol. The molecule has 1 aromatic rings. The number of likely N-dealkylation sites (tertiary alicyclic amines) is 1. The van der Waals surface area contributed by atoms with Crippen molar-refractivity contribution in [1.29, 1.82) is 0 Å². The highest BCUT2D eigenvalue weighted by Gasteiger charge is 2.30. The summed E-state index contributed by atoms with van der Waals surface area (Å²) in [5.41, 5.74) is 0. The van der Waals surface area contributed by atoms with Gasteiger partial charge in [-0.05, 0) is 37.1 Å². The molecule has 2 rings (SSSR count). The highest BCUT2D eigenvalue weighted by Crippen LogP contribution is 2.19. The van der Waals surface area contributed by atoms with E-state index < -0.39 is 33.4 Å². The molecule has 1 aliphatic rings. The van der Waals surface area contributed by atoms with Crippen molar-refractivity contribution < 1.29 is 23.1 Å². The van der Waals surface area contributed by atoms with E-state index in [0.717, 1.165) is 0 Å². The molecule has 0 spiro atoms. The predicted octanol–water partition coefficient (Wildman–Crippen LogP) is 1.44. The van der Waals surface area contributed by atoms with Crippen molar-refractivity contribution in [2.45, 2.75) is 17.7 Å². The van der Waals surface area contributed by atoms with Gasteiger partial charge in [0.05, 0.1) is 10.8 Å². The highest BCUT2D eigenvalue weighted by molar-refractivity contribution is 7.92. The fraction of sp³-hybridized carbons (Fsp3) is 0.429. The van der Waals surface area contributed by atoms with Crippen LogP contribution in [0.1, 0.15) is 12.8 Å². The van der Waals surface area contributed by atoms with Gasteiger partial charge in [0, 0.05) is 18.1 Å². The van der Waals surface area contributed by atoms with E-state index in [9.17, 15) is 18.0 Å². The number of carboxylic acid groups (broad SMARTS) is 1. The van der Waals surface area contributed by atoms with E-state index in [1.165, 1.54) is 29.2 Å². The first-order valence-electron chi connectivity index (χ1n) is 6.78. The monoisotopic (exact) mass is 345 g/mol. The van der Waals surface area contributed by atoms with Crippen LogP contribution < -0.4 is 0 Å². The SMILES string of the molecule is O=C(O)[C@H]1CCCN(C(=O)CS(=O)(=O)c2ccc(Cl)cc2)C1. The molecule has 120 valence electrons. The van der Waals surface area contributed by atoms with E-state index in [0.29, 0.717) is 24.4 Å². The molecule has 0 radical (unpaired) electrons. The molecule has 0 unspecified atom stereocenters. The van der Waals surface area contributed by atoms with Crippen LogP contribution in [0.25, 0.3) is 0 Å². The standard InChI is InChI=1S/C14H16ClNO5S/c15-11-3-5-12(6-4-11)22(20,21)9-13(17)16-7-1-2-10(8-16)14(18)19/h3-6,10H,1-2,7-9H2,(H,18,19)/t10-/m0/s1. The lowest BCUT2D eigenvalue weighted by molar-refractivity contribution is -0.145. The van der Waals surface area contributed by atoms with Crippen LogP contribution in [0.4, 0.5) is 0 Å². The Bertz CT molecular complexity index is 671. The van der Waals surface area contributed by atoms with E-state index in [4.69, 9.17) is 16.7 Å². The van der Waals surface area contributed by atoms with Crippen LogP contribution in [0.2, 0.25) is 5.02 Å². The van der Waals surface area contributed by atoms with Gasteiger partial charge in [0.2, 0.25) is 5.91 Å². The first kappa shape index (κ1) is 16.8. The molecule has 1 fully saturated rings. The molecular weight excluding hydrogens is 330 g/mol. The van der Waals surface area contributed by atoms with Crippen molar-refractivity contribution >= 4 is 33.3 Å². The van der Waals surface area contributed by atoms with Gasteiger partial charge >= 0.3 is 5.97 Å². The Balaban J connectivity index is 2.07. The molecule has 1 N–H and O–H groups in total. The van der Waals surface area contributed by atoms with Gasteiger partial charge in [-0.2, -0.15) is 0 Å². The smallest absolute Gasteiger partial charge is 0.308 e. The second kappa shape index (κ2) is 6.66. The minimum Gasteiger partial charge on any atom is -0.481 e. The van der Waals surface area contributed by atoms with Crippen LogP contribution in [0.3, 0.4) is 0 Å². The van der Waals surface area contributed by atoms with E-state index in [2.05, 4.69) is 0 Å². The summed E-state index contributed by atoms with van der Waals surface area (Å²) in [6.07, 6.45) is 1.06. The van der Waals surface area contributed by atoms with Gasteiger partial charge in [-0.1, -0.05) is 11.6 Å². The zero-order valence-corrected chi connectivity index (χ0v) is 13.3. The van der Waals surface area contributed by atoms with Gasteiger partial charge in [-0.3, -0.25) is 9.59 Å². The number of piperidine rings is 1. The Morgan fingerprint density at radius 3 is 2.50 bits per heavy atom. The zero-order valence-electron chi connectivity index (χ0n) is 11.7. The van der Waals surface area contributed by atoms with E-state index in [-0.39, 0.29) is 11.4 Å². The second-order valence-corrected chi connectivity index (χ2v) is 7.66. The Labute approximate surface area is 133 Å². The number of benzene rings is 1. The summed E-state index contributed by atoms with van der Waals surface area (Å²) in [4.78, 5) is 24.5. The first-order chi connectivity index (χ1) is 10.3. The van der Waals surface area contributed by atoms with Crippen molar-refractivity contribution in [3.63, 3.8) is 0 Å². The number of sulfone groups is 1. The number of aliphatic carboxylic acids is 1. The minimum absolute atomic E-state index is 0.0250. The summed E-state index contributed by atoms with van der Waals surface area (Å²) in [5.74, 6) is -2.82. The molecule has 1 heterocycles. The molecule has 8 heteroatoms. The minimum atomic E-state index is -3.76. The summed E-state index contributed by atoms with van der Waals surface area (Å²) >= 11 is 5.71. The van der Waals surface area contributed by atoms with Crippen LogP contribution >= 0.6 is 11.6 Å². The lowest BCUT2D eigenvalue weighted by Gasteiger charge is -2.30. The van der Waals surface area contributed by atoms with Gasteiger partial charge in [0.15, 0.2) is 9.84 Å². The van der Waals surface area contributed by atoms with Gasteiger partial charge in [0.1, 0.15) is 5.75 Å². The maximum Gasteiger partial charge on any atom is 0.308 e. The highest BCUT2D eigenvalue weighted by atomic mass is 35.5. The number of halogens is 1. The van der Waals surface area contributed by atoms with Gasteiger partial charge in [-0.15, -0.1) is 0 Å². The molecule has 0 saturated carbocycles. The molecule has 22 heavy (non-hydrogen) atoms. The molecule has 6 nitrogen and oxygen atoms in total. The molecular formula is C14H16ClNO5S. The second-order valence-electron chi connectivity index (χ2n) is 5.23. The Morgan fingerprint density at radius 1 is 1.27 bits per heavy atom. The summed E-state index contributed by atoms with van der Waals surface area (Å²) < 4.78 is 24.4. The molecule has 1 atom stereocenters. The maximum atomic E-state index is 12.2. The van der Waals surface area contributed by atoms with Crippen LogP contribution in [-0.2, 0) is 19.4 Å². The number of hydrogen-bond acceptors (Lipinski definition) is 4. The summed E-state index contributed by atoms with van der Waals surface area (Å²) in [6, 6.07) is 5.59.